The maximum absolute atomic E-state index is 2.66. The van der Waals surface area contributed by atoms with Gasteiger partial charge in [0.25, 0.3) is 0 Å². The van der Waals surface area contributed by atoms with Gasteiger partial charge in [0.15, 0.2) is 0 Å². The molecule has 1 nitrogen and oxygen atoms in total. The molecule has 0 aliphatic carbocycles. The number of rotatable bonds is 3. The summed E-state index contributed by atoms with van der Waals surface area (Å²) in [5.74, 6) is 0.929. The van der Waals surface area contributed by atoms with Crippen LogP contribution in [0.15, 0.2) is 0 Å². The average Bonchev–Trinajstić information content (AvgIpc) is 2.07. The van der Waals surface area contributed by atoms with Gasteiger partial charge < -0.3 is 4.90 Å². The molecule has 1 heteroatoms. The lowest BCUT2D eigenvalue weighted by Gasteiger charge is -2.36. The lowest BCUT2D eigenvalue weighted by molar-refractivity contribution is 0.123. The molecule has 12 heavy (non-hydrogen) atoms. The van der Waals surface area contributed by atoms with E-state index in [1.807, 2.05) is 0 Å². The van der Waals surface area contributed by atoms with Crippen LogP contribution in [0.25, 0.3) is 0 Å². The van der Waals surface area contributed by atoms with Gasteiger partial charge in [-0.2, -0.15) is 0 Å². The Labute approximate surface area is 77.1 Å². The van der Waals surface area contributed by atoms with Crippen molar-refractivity contribution < 1.29 is 0 Å². The van der Waals surface area contributed by atoms with Gasteiger partial charge in [0.2, 0.25) is 0 Å². The maximum atomic E-state index is 2.66. The molecule has 0 aromatic rings. The predicted molar refractivity (Wildman–Crippen MR) is 54.3 cm³/mol. The Balaban J connectivity index is 2.28. The molecule has 0 saturated carbocycles. The van der Waals surface area contributed by atoms with Crippen LogP contribution >= 0.6 is 0 Å². The van der Waals surface area contributed by atoms with Gasteiger partial charge in [-0.3, -0.25) is 0 Å². The predicted octanol–water partition coefficient (Wildman–Crippen LogP) is 2.91. The molecule has 1 heterocycles. The van der Waals surface area contributed by atoms with Crippen LogP contribution in [-0.4, -0.2) is 24.0 Å². The topological polar surface area (TPSA) is 3.24 Å². The van der Waals surface area contributed by atoms with Gasteiger partial charge in [0, 0.05) is 12.6 Å². The van der Waals surface area contributed by atoms with Crippen molar-refractivity contribution in [2.45, 2.75) is 52.5 Å². The van der Waals surface area contributed by atoms with Crippen molar-refractivity contribution in [1.82, 2.24) is 4.90 Å². The quantitative estimate of drug-likeness (QED) is 0.628. The third-order valence-electron chi connectivity index (χ3n) is 3.05. The molecular formula is C11H23N. The fraction of sp³-hybridized carbons (Fsp3) is 1.00. The van der Waals surface area contributed by atoms with Crippen molar-refractivity contribution in [3.8, 4) is 0 Å². The first-order valence-electron chi connectivity index (χ1n) is 5.48. The SMILES string of the molecule is CCCCN1CC(C)CCC1C. The summed E-state index contributed by atoms with van der Waals surface area (Å²) < 4.78 is 0. The Morgan fingerprint density at radius 1 is 1.25 bits per heavy atom. The van der Waals surface area contributed by atoms with Crippen molar-refractivity contribution in [3.05, 3.63) is 0 Å². The van der Waals surface area contributed by atoms with E-state index >= 15 is 0 Å². The van der Waals surface area contributed by atoms with Crippen LogP contribution in [0.1, 0.15) is 46.5 Å². The summed E-state index contributed by atoms with van der Waals surface area (Å²) in [6.45, 7) is 9.69. The molecule has 2 atom stereocenters. The average molecular weight is 169 g/mol. The Bertz CT molecular complexity index is 122. The van der Waals surface area contributed by atoms with E-state index in [4.69, 9.17) is 0 Å². The summed E-state index contributed by atoms with van der Waals surface area (Å²) >= 11 is 0. The van der Waals surface area contributed by atoms with E-state index in [0.29, 0.717) is 0 Å². The van der Waals surface area contributed by atoms with E-state index in [0.717, 1.165) is 12.0 Å². The molecule has 1 rings (SSSR count). The highest BCUT2D eigenvalue weighted by atomic mass is 15.2. The van der Waals surface area contributed by atoms with Gasteiger partial charge in [-0.15, -0.1) is 0 Å². The molecule has 0 aromatic heterocycles. The normalized spacial score (nSPS) is 32.2. The van der Waals surface area contributed by atoms with Crippen LogP contribution in [0, 0.1) is 5.92 Å². The summed E-state index contributed by atoms with van der Waals surface area (Å²) in [5.41, 5.74) is 0. The highest BCUT2D eigenvalue weighted by Crippen LogP contribution is 2.21. The number of hydrogen-bond donors (Lipinski definition) is 0. The van der Waals surface area contributed by atoms with Crippen molar-refractivity contribution >= 4 is 0 Å². The lowest BCUT2D eigenvalue weighted by Crippen LogP contribution is -2.41. The van der Waals surface area contributed by atoms with E-state index in [9.17, 15) is 0 Å². The number of unbranched alkanes of at least 4 members (excludes halogenated alkanes) is 1. The Morgan fingerprint density at radius 3 is 2.67 bits per heavy atom. The van der Waals surface area contributed by atoms with Crippen LogP contribution in [0.4, 0.5) is 0 Å². The number of likely N-dealkylation sites (tertiary alicyclic amines) is 1. The Hall–Kier alpha value is -0.0400. The van der Waals surface area contributed by atoms with Crippen LogP contribution in [0.5, 0.6) is 0 Å². The molecule has 0 spiro atoms. The van der Waals surface area contributed by atoms with Gasteiger partial charge in [-0.25, -0.2) is 0 Å². The van der Waals surface area contributed by atoms with Crippen molar-refractivity contribution in [2.75, 3.05) is 13.1 Å². The van der Waals surface area contributed by atoms with E-state index in [1.54, 1.807) is 0 Å². The third kappa shape index (κ3) is 2.78. The van der Waals surface area contributed by atoms with E-state index in [2.05, 4.69) is 25.7 Å². The van der Waals surface area contributed by atoms with E-state index < -0.39 is 0 Å². The minimum atomic E-state index is 0.841. The number of nitrogens with zero attached hydrogens (tertiary/aromatic N) is 1. The Morgan fingerprint density at radius 2 is 2.00 bits per heavy atom. The molecule has 0 radical (unpaired) electrons. The zero-order valence-corrected chi connectivity index (χ0v) is 8.84. The van der Waals surface area contributed by atoms with Gasteiger partial charge in [0.1, 0.15) is 0 Å². The third-order valence-corrected chi connectivity index (χ3v) is 3.05. The second-order valence-corrected chi connectivity index (χ2v) is 4.38. The molecule has 72 valence electrons. The zero-order chi connectivity index (χ0) is 8.97. The van der Waals surface area contributed by atoms with Crippen LogP contribution in [-0.2, 0) is 0 Å². The number of hydrogen-bond acceptors (Lipinski definition) is 1. The molecule has 1 fully saturated rings. The fourth-order valence-electron chi connectivity index (χ4n) is 2.05. The van der Waals surface area contributed by atoms with Gasteiger partial charge in [-0.1, -0.05) is 20.3 Å². The maximum Gasteiger partial charge on any atom is 0.00671 e. The monoisotopic (exact) mass is 169 g/mol. The second-order valence-electron chi connectivity index (χ2n) is 4.38. The smallest absolute Gasteiger partial charge is 0.00671 e. The van der Waals surface area contributed by atoms with E-state index in [1.165, 1.54) is 38.8 Å². The first-order valence-corrected chi connectivity index (χ1v) is 5.48. The molecule has 0 N–H and O–H groups in total. The molecular weight excluding hydrogens is 146 g/mol. The lowest BCUT2D eigenvalue weighted by atomic mass is 9.95. The largest absolute Gasteiger partial charge is 0.300 e. The molecule has 0 bridgehead atoms. The van der Waals surface area contributed by atoms with Crippen LogP contribution in [0.2, 0.25) is 0 Å². The zero-order valence-electron chi connectivity index (χ0n) is 8.84. The standard InChI is InChI=1S/C11H23N/c1-4-5-8-12-9-10(2)6-7-11(12)3/h10-11H,4-9H2,1-3H3. The molecule has 1 aliphatic rings. The molecule has 1 saturated heterocycles. The summed E-state index contributed by atoms with van der Waals surface area (Å²) in [4.78, 5) is 2.66. The minimum Gasteiger partial charge on any atom is -0.300 e. The van der Waals surface area contributed by atoms with Crippen molar-refractivity contribution in [1.29, 1.82) is 0 Å². The van der Waals surface area contributed by atoms with Gasteiger partial charge in [0.05, 0.1) is 0 Å². The first kappa shape index (κ1) is 10.0. The summed E-state index contributed by atoms with van der Waals surface area (Å²) in [5, 5.41) is 0. The molecule has 0 aromatic carbocycles. The van der Waals surface area contributed by atoms with Crippen molar-refractivity contribution in [2.24, 2.45) is 5.92 Å². The summed E-state index contributed by atoms with van der Waals surface area (Å²) in [7, 11) is 0. The van der Waals surface area contributed by atoms with Crippen molar-refractivity contribution in [3.63, 3.8) is 0 Å². The molecule has 1 aliphatic heterocycles. The van der Waals surface area contributed by atoms with Gasteiger partial charge >= 0.3 is 0 Å². The molecule has 2 unspecified atom stereocenters. The fourth-order valence-corrected chi connectivity index (χ4v) is 2.05. The van der Waals surface area contributed by atoms with Gasteiger partial charge in [-0.05, 0) is 38.6 Å². The molecule has 0 amide bonds. The van der Waals surface area contributed by atoms with Crippen LogP contribution < -0.4 is 0 Å². The second kappa shape index (κ2) is 4.86. The minimum absolute atomic E-state index is 0.841. The number of piperidine rings is 1. The Kier molecular flexibility index (Phi) is 4.07. The summed E-state index contributed by atoms with van der Waals surface area (Å²) in [6.07, 6.45) is 5.54. The van der Waals surface area contributed by atoms with E-state index in [-0.39, 0.29) is 0 Å². The highest BCUT2D eigenvalue weighted by molar-refractivity contribution is 4.76. The van der Waals surface area contributed by atoms with Crippen LogP contribution in [0.3, 0.4) is 0 Å². The highest BCUT2D eigenvalue weighted by Gasteiger charge is 2.21. The first-order chi connectivity index (χ1) is 5.74. The summed E-state index contributed by atoms with van der Waals surface area (Å²) in [6, 6.07) is 0.841.